The normalized spacial score (nSPS) is 20.9. The molecule has 0 aromatic heterocycles. The van der Waals surface area contributed by atoms with Crippen molar-refractivity contribution in [1.29, 1.82) is 0 Å². The molecule has 74 valence electrons. The Morgan fingerprint density at radius 2 is 2.31 bits per heavy atom. The molecule has 0 saturated heterocycles. The molecule has 0 radical (unpaired) electrons. The maximum Gasteiger partial charge on any atom is 0.0283 e. The van der Waals surface area contributed by atoms with E-state index in [0.29, 0.717) is 6.04 Å². The van der Waals surface area contributed by atoms with Gasteiger partial charge in [0.1, 0.15) is 0 Å². The van der Waals surface area contributed by atoms with Crippen LogP contribution >= 0.6 is 0 Å². The van der Waals surface area contributed by atoms with E-state index < -0.39 is 0 Å². The highest BCUT2D eigenvalue weighted by Crippen LogP contribution is 2.09. The smallest absolute Gasteiger partial charge is 0.0283 e. The summed E-state index contributed by atoms with van der Waals surface area (Å²) in [6.45, 7) is 6.53. The van der Waals surface area contributed by atoms with Crippen molar-refractivity contribution in [1.82, 2.24) is 4.90 Å². The Hall–Kier alpha value is -0.760. The summed E-state index contributed by atoms with van der Waals surface area (Å²) in [4.78, 5) is 2.44. The molecule has 2 heteroatoms. The predicted molar refractivity (Wildman–Crippen MR) is 57.4 cm³/mol. The monoisotopic (exact) mass is 180 g/mol. The predicted octanol–water partition coefficient (Wildman–Crippen LogP) is 1.89. The van der Waals surface area contributed by atoms with Crippen LogP contribution in [0.1, 0.15) is 26.7 Å². The van der Waals surface area contributed by atoms with Gasteiger partial charge in [-0.2, -0.15) is 0 Å². The first-order valence-electron chi connectivity index (χ1n) is 5.10. The van der Waals surface area contributed by atoms with E-state index in [4.69, 9.17) is 5.73 Å². The van der Waals surface area contributed by atoms with E-state index in [9.17, 15) is 0 Å². The standard InChI is InChI=1S/C11H20N2/c1-3-5-10(2)13-8-4-6-11(12)7-9-13/h4,6-7,10H,3,5,8-9,12H2,1-2H3. The van der Waals surface area contributed by atoms with Crippen LogP contribution in [0.15, 0.2) is 23.9 Å². The Bertz CT molecular complexity index is 206. The molecule has 0 saturated carbocycles. The van der Waals surface area contributed by atoms with Crippen molar-refractivity contribution in [3.8, 4) is 0 Å². The Morgan fingerprint density at radius 1 is 1.54 bits per heavy atom. The number of allylic oxidation sites excluding steroid dienone is 1. The lowest BCUT2D eigenvalue weighted by atomic mass is 10.1. The summed E-state index contributed by atoms with van der Waals surface area (Å²) in [6.07, 6.45) is 8.75. The van der Waals surface area contributed by atoms with Crippen LogP contribution in [0.4, 0.5) is 0 Å². The quantitative estimate of drug-likeness (QED) is 0.718. The van der Waals surface area contributed by atoms with Crippen LogP contribution < -0.4 is 5.73 Å². The SMILES string of the molecule is CCCC(C)N1CC=CC(N)=CC1. The highest BCUT2D eigenvalue weighted by Gasteiger charge is 2.11. The van der Waals surface area contributed by atoms with E-state index in [-0.39, 0.29) is 0 Å². The highest BCUT2D eigenvalue weighted by molar-refractivity contribution is 5.17. The molecular formula is C11H20N2. The number of nitrogens with two attached hydrogens (primary N) is 1. The molecule has 1 heterocycles. The summed E-state index contributed by atoms with van der Waals surface area (Å²) in [6, 6.07) is 0.664. The molecule has 2 nitrogen and oxygen atoms in total. The van der Waals surface area contributed by atoms with Crippen LogP contribution in [0, 0.1) is 0 Å². The van der Waals surface area contributed by atoms with E-state index in [2.05, 4.69) is 30.9 Å². The highest BCUT2D eigenvalue weighted by atomic mass is 15.1. The molecule has 0 spiro atoms. The van der Waals surface area contributed by atoms with Gasteiger partial charge in [0.15, 0.2) is 0 Å². The average molecular weight is 180 g/mol. The van der Waals surface area contributed by atoms with Crippen LogP contribution in [0.25, 0.3) is 0 Å². The molecule has 0 aromatic rings. The average Bonchev–Trinajstić information content (AvgIpc) is 2.30. The molecular weight excluding hydrogens is 160 g/mol. The molecule has 13 heavy (non-hydrogen) atoms. The number of rotatable bonds is 3. The molecule has 1 atom stereocenters. The Morgan fingerprint density at radius 3 is 3.00 bits per heavy atom. The van der Waals surface area contributed by atoms with Gasteiger partial charge in [0.2, 0.25) is 0 Å². The third-order valence-corrected chi connectivity index (χ3v) is 2.54. The summed E-state index contributed by atoms with van der Waals surface area (Å²) >= 11 is 0. The van der Waals surface area contributed by atoms with Crippen molar-refractivity contribution in [3.63, 3.8) is 0 Å². The van der Waals surface area contributed by atoms with Crippen molar-refractivity contribution < 1.29 is 0 Å². The van der Waals surface area contributed by atoms with E-state index in [1.165, 1.54) is 12.8 Å². The second-order valence-electron chi connectivity index (χ2n) is 3.70. The fraction of sp³-hybridized carbons (Fsp3) is 0.636. The molecule has 0 fully saturated rings. The van der Waals surface area contributed by atoms with Crippen molar-refractivity contribution in [2.24, 2.45) is 5.73 Å². The first-order valence-corrected chi connectivity index (χ1v) is 5.10. The van der Waals surface area contributed by atoms with Crippen LogP contribution in [0.2, 0.25) is 0 Å². The van der Waals surface area contributed by atoms with Gasteiger partial charge in [0.25, 0.3) is 0 Å². The molecule has 2 N–H and O–H groups in total. The summed E-state index contributed by atoms with van der Waals surface area (Å²) < 4.78 is 0. The van der Waals surface area contributed by atoms with Crippen LogP contribution in [-0.4, -0.2) is 24.0 Å². The van der Waals surface area contributed by atoms with Crippen LogP contribution in [0.5, 0.6) is 0 Å². The third kappa shape index (κ3) is 3.23. The van der Waals surface area contributed by atoms with Crippen molar-refractivity contribution in [2.75, 3.05) is 13.1 Å². The number of nitrogens with zero attached hydrogens (tertiary/aromatic N) is 1. The Kier molecular flexibility index (Phi) is 4.03. The van der Waals surface area contributed by atoms with Crippen molar-refractivity contribution in [3.05, 3.63) is 23.9 Å². The zero-order valence-corrected chi connectivity index (χ0v) is 8.66. The molecule has 1 unspecified atom stereocenters. The van der Waals surface area contributed by atoms with Gasteiger partial charge in [-0.25, -0.2) is 0 Å². The topological polar surface area (TPSA) is 29.3 Å². The maximum absolute atomic E-state index is 5.72. The van der Waals surface area contributed by atoms with Crippen LogP contribution in [-0.2, 0) is 0 Å². The lowest BCUT2D eigenvalue weighted by molar-refractivity contribution is 0.244. The van der Waals surface area contributed by atoms with E-state index in [1.54, 1.807) is 0 Å². The molecule has 1 rings (SSSR count). The van der Waals surface area contributed by atoms with Gasteiger partial charge in [0.05, 0.1) is 0 Å². The molecule has 0 aromatic carbocycles. The van der Waals surface area contributed by atoms with Crippen molar-refractivity contribution >= 4 is 0 Å². The van der Waals surface area contributed by atoms with Crippen molar-refractivity contribution in [2.45, 2.75) is 32.7 Å². The maximum atomic E-state index is 5.72. The fourth-order valence-corrected chi connectivity index (χ4v) is 1.65. The largest absolute Gasteiger partial charge is 0.399 e. The Labute approximate surface area is 81.1 Å². The molecule has 0 bridgehead atoms. The summed E-state index contributed by atoms with van der Waals surface area (Å²) in [7, 11) is 0. The van der Waals surface area contributed by atoms with Gasteiger partial charge in [-0.15, -0.1) is 0 Å². The molecule has 0 amide bonds. The van der Waals surface area contributed by atoms with Gasteiger partial charge in [-0.3, -0.25) is 4.90 Å². The molecule has 1 aliphatic rings. The summed E-state index contributed by atoms with van der Waals surface area (Å²) in [5.74, 6) is 0. The Balaban J connectivity index is 2.48. The molecule has 0 aliphatic carbocycles. The van der Waals surface area contributed by atoms with E-state index in [1.807, 2.05) is 6.08 Å². The summed E-state index contributed by atoms with van der Waals surface area (Å²) in [5.41, 5.74) is 6.61. The van der Waals surface area contributed by atoms with Crippen LogP contribution in [0.3, 0.4) is 0 Å². The second kappa shape index (κ2) is 5.07. The minimum Gasteiger partial charge on any atom is -0.399 e. The molecule has 1 aliphatic heterocycles. The fourth-order valence-electron chi connectivity index (χ4n) is 1.65. The first kappa shape index (κ1) is 10.3. The van der Waals surface area contributed by atoms with E-state index >= 15 is 0 Å². The minimum absolute atomic E-state index is 0.664. The van der Waals surface area contributed by atoms with Gasteiger partial charge >= 0.3 is 0 Å². The minimum atomic E-state index is 0.664. The van der Waals surface area contributed by atoms with Gasteiger partial charge in [-0.05, 0) is 25.5 Å². The van der Waals surface area contributed by atoms with Gasteiger partial charge in [-0.1, -0.05) is 19.4 Å². The first-order chi connectivity index (χ1) is 6.24. The zero-order valence-electron chi connectivity index (χ0n) is 8.66. The van der Waals surface area contributed by atoms with Gasteiger partial charge < -0.3 is 5.73 Å². The number of hydrogen-bond donors (Lipinski definition) is 1. The second-order valence-corrected chi connectivity index (χ2v) is 3.70. The lowest BCUT2D eigenvalue weighted by Gasteiger charge is -2.25. The van der Waals surface area contributed by atoms with E-state index in [0.717, 1.165) is 18.8 Å². The summed E-state index contributed by atoms with van der Waals surface area (Å²) in [5, 5.41) is 0. The third-order valence-electron chi connectivity index (χ3n) is 2.54. The lowest BCUT2D eigenvalue weighted by Crippen LogP contribution is -2.33. The van der Waals surface area contributed by atoms with Gasteiger partial charge in [0, 0.05) is 24.8 Å². The number of hydrogen-bond acceptors (Lipinski definition) is 2. The zero-order chi connectivity index (χ0) is 9.68.